The number of carbonyl (C=O) groups excluding carboxylic acids is 1. The van der Waals surface area contributed by atoms with E-state index < -0.39 is 0 Å². The van der Waals surface area contributed by atoms with Crippen LogP contribution in [0.1, 0.15) is 65.0 Å². The van der Waals surface area contributed by atoms with E-state index in [2.05, 4.69) is 20.6 Å². The van der Waals surface area contributed by atoms with Gasteiger partial charge in [0.2, 0.25) is 10.9 Å². The molecule has 7 nitrogen and oxygen atoms in total. The lowest BCUT2D eigenvalue weighted by molar-refractivity contribution is -0.119. The van der Waals surface area contributed by atoms with Gasteiger partial charge in [-0.1, -0.05) is 69.6 Å². The Morgan fingerprint density at radius 2 is 1.92 bits per heavy atom. The second-order valence-electron chi connectivity index (χ2n) is 7.71. The summed E-state index contributed by atoms with van der Waals surface area (Å²) in [5.41, 5.74) is -0.239. The maximum absolute atomic E-state index is 12.5. The number of rotatable bonds is 4. The van der Waals surface area contributed by atoms with Gasteiger partial charge in [-0.15, -0.1) is 15.3 Å². The molecule has 1 saturated carbocycles. The number of hydrogen-bond acceptors (Lipinski definition) is 7. The molecule has 0 aromatic carbocycles. The van der Waals surface area contributed by atoms with Crippen molar-refractivity contribution in [2.45, 2.75) is 75.1 Å². The topological polar surface area (TPSA) is 89.2 Å². The van der Waals surface area contributed by atoms with E-state index in [1.807, 2.05) is 20.8 Å². The highest BCUT2D eigenvalue weighted by atomic mass is 32.2. The second-order valence-corrected chi connectivity index (χ2v) is 9.89. The normalized spacial score (nSPS) is 16.6. The van der Waals surface area contributed by atoms with Crippen molar-refractivity contribution in [2.24, 2.45) is 0 Å². The van der Waals surface area contributed by atoms with E-state index in [4.69, 9.17) is 0 Å². The van der Waals surface area contributed by atoms with Crippen molar-refractivity contribution in [3.8, 4) is 0 Å². The number of aromatic nitrogens is 4. The summed E-state index contributed by atoms with van der Waals surface area (Å²) in [5, 5.41) is 15.6. The Morgan fingerprint density at radius 1 is 1.23 bits per heavy atom. The van der Waals surface area contributed by atoms with Gasteiger partial charge in [0, 0.05) is 11.5 Å². The highest BCUT2D eigenvalue weighted by molar-refractivity contribution is 8.01. The smallest absolute Gasteiger partial charge is 0.297 e. The van der Waals surface area contributed by atoms with E-state index in [1.165, 1.54) is 53.3 Å². The molecular formula is C17H25N5O2S2. The van der Waals surface area contributed by atoms with Crippen LogP contribution in [0.2, 0.25) is 0 Å². The zero-order valence-corrected chi connectivity index (χ0v) is 17.1. The second kappa shape index (κ2) is 8.04. The zero-order chi connectivity index (χ0) is 18.7. The Bertz CT molecular complexity index is 832. The largest absolute Gasteiger partial charge is 0.353 e. The van der Waals surface area contributed by atoms with Crippen molar-refractivity contribution in [2.75, 3.05) is 5.75 Å². The molecule has 0 spiro atoms. The summed E-state index contributed by atoms with van der Waals surface area (Å²) in [5.74, 6) is 0.319. The Kier molecular flexibility index (Phi) is 5.96. The third-order valence-electron chi connectivity index (χ3n) is 4.43. The third-order valence-corrected chi connectivity index (χ3v) is 6.46. The van der Waals surface area contributed by atoms with E-state index in [0.29, 0.717) is 26.8 Å². The van der Waals surface area contributed by atoms with Crippen LogP contribution in [0.4, 0.5) is 0 Å². The third kappa shape index (κ3) is 4.62. The van der Waals surface area contributed by atoms with Crippen molar-refractivity contribution in [1.29, 1.82) is 0 Å². The number of carbonyl (C=O) groups is 1. The van der Waals surface area contributed by atoms with Crippen LogP contribution >= 0.6 is 23.1 Å². The van der Waals surface area contributed by atoms with E-state index in [9.17, 15) is 9.59 Å². The predicted octanol–water partition coefficient (Wildman–Crippen LogP) is 2.77. The fourth-order valence-electron chi connectivity index (χ4n) is 3.05. The molecule has 3 rings (SSSR count). The minimum Gasteiger partial charge on any atom is -0.353 e. The molecule has 2 aromatic heterocycles. The van der Waals surface area contributed by atoms with E-state index in [-0.39, 0.29) is 16.9 Å². The number of nitrogens with one attached hydrogen (secondary N) is 1. The van der Waals surface area contributed by atoms with Gasteiger partial charge in [-0.05, 0) is 12.8 Å². The molecule has 0 aliphatic heterocycles. The summed E-state index contributed by atoms with van der Waals surface area (Å²) >= 11 is 2.62. The average Bonchev–Trinajstić information content (AvgIpc) is 2.82. The zero-order valence-electron chi connectivity index (χ0n) is 15.4. The fraction of sp³-hybridized carbons (Fsp3) is 0.706. The Balaban J connectivity index is 1.65. The lowest BCUT2D eigenvalue weighted by Gasteiger charge is -2.15. The highest BCUT2D eigenvalue weighted by Crippen LogP contribution is 2.24. The molecule has 0 saturated heterocycles. The van der Waals surface area contributed by atoms with Gasteiger partial charge in [0.15, 0.2) is 4.34 Å². The SMILES string of the molecule is CC(C)(C)c1nnc2sc(SCC(=O)NC3CCCCCC3)nn2c1=O. The minimum absolute atomic E-state index is 0.0231. The van der Waals surface area contributed by atoms with Crippen LogP contribution in [-0.2, 0) is 10.2 Å². The van der Waals surface area contributed by atoms with Crippen LogP contribution in [0.3, 0.4) is 0 Å². The van der Waals surface area contributed by atoms with Gasteiger partial charge in [0.1, 0.15) is 5.69 Å². The lowest BCUT2D eigenvalue weighted by atomic mass is 9.93. The monoisotopic (exact) mass is 395 g/mol. The first-order valence-electron chi connectivity index (χ1n) is 9.04. The summed E-state index contributed by atoms with van der Waals surface area (Å²) < 4.78 is 1.95. The van der Waals surface area contributed by atoms with E-state index >= 15 is 0 Å². The molecule has 1 fully saturated rings. The molecule has 1 amide bonds. The number of fused-ring (bicyclic) bond motifs is 1. The molecule has 0 radical (unpaired) electrons. The molecule has 2 heterocycles. The summed E-state index contributed by atoms with van der Waals surface area (Å²) in [6.45, 7) is 5.76. The van der Waals surface area contributed by atoms with Crippen molar-refractivity contribution in [3.63, 3.8) is 0 Å². The Hall–Kier alpha value is -1.48. The molecule has 26 heavy (non-hydrogen) atoms. The van der Waals surface area contributed by atoms with Crippen LogP contribution in [0, 0.1) is 0 Å². The first-order valence-corrected chi connectivity index (χ1v) is 10.8. The van der Waals surface area contributed by atoms with Gasteiger partial charge in [-0.3, -0.25) is 9.59 Å². The van der Waals surface area contributed by atoms with Gasteiger partial charge < -0.3 is 5.32 Å². The van der Waals surface area contributed by atoms with Crippen LogP contribution < -0.4 is 10.9 Å². The molecule has 1 N–H and O–H groups in total. The molecule has 142 valence electrons. The van der Waals surface area contributed by atoms with Crippen molar-refractivity contribution in [1.82, 2.24) is 25.1 Å². The number of nitrogens with zero attached hydrogens (tertiary/aromatic N) is 4. The first-order chi connectivity index (χ1) is 12.3. The summed E-state index contributed by atoms with van der Waals surface area (Å²) in [6.07, 6.45) is 7.04. The fourth-order valence-corrected chi connectivity index (χ4v) is 4.73. The first kappa shape index (κ1) is 19.3. The number of amides is 1. The van der Waals surface area contributed by atoms with Crippen molar-refractivity contribution in [3.05, 3.63) is 16.0 Å². The van der Waals surface area contributed by atoms with Gasteiger partial charge in [-0.25, -0.2) is 0 Å². The molecule has 1 aliphatic rings. The maximum atomic E-state index is 12.5. The highest BCUT2D eigenvalue weighted by Gasteiger charge is 2.23. The van der Waals surface area contributed by atoms with Crippen LogP contribution in [0.25, 0.3) is 4.96 Å². The predicted molar refractivity (Wildman–Crippen MR) is 104 cm³/mol. The molecular weight excluding hydrogens is 370 g/mol. The van der Waals surface area contributed by atoms with Gasteiger partial charge in [-0.2, -0.15) is 4.52 Å². The Morgan fingerprint density at radius 3 is 2.58 bits per heavy atom. The quantitative estimate of drug-likeness (QED) is 0.632. The van der Waals surface area contributed by atoms with Crippen LogP contribution in [0.15, 0.2) is 9.13 Å². The van der Waals surface area contributed by atoms with E-state index in [1.54, 1.807) is 0 Å². The molecule has 9 heteroatoms. The number of hydrogen-bond donors (Lipinski definition) is 1. The maximum Gasteiger partial charge on any atom is 0.297 e. The Labute approximate surface area is 161 Å². The molecule has 0 unspecified atom stereocenters. The molecule has 0 bridgehead atoms. The van der Waals surface area contributed by atoms with Gasteiger partial charge >= 0.3 is 0 Å². The van der Waals surface area contributed by atoms with Gasteiger partial charge in [0.25, 0.3) is 5.56 Å². The minimum atomic E-state index is -0.388. The van der Waals surface area contributed by atoms with Crippen LogP contribution in [-0.4, -0.2) is 37.5 Å². The number of thioether (sulfide) groups is 1. The van der Waals surface area contributed by atoms with Gasteiger partial charge in [0.05, 0.1) is 5.75 Å². The van der Waals surface area contributed by atoms with Crippen molar-refractivity contribution >= 4 is 34.0 Å². The molecule has 0 atom stereocenters. The summed E-state index contributed by atoms with van der Waals surface area (Å²) in [7, 11) is 0. The average molecular weight is 396 g/mol. The molecule has 1 aliphatic carbocycles. The van der Waals surface area contributed by atoms with Crippen molar-refractivity contribution < 1.29 is 4.79 Å². The lowest BCUT2D eigenvalue weighted by Crippen LogP contribution is -2.35. The van der Waals surface area contributed by atoms with Crippen LogP contribution in [0.5, 0.6) is 0 Å². The van der Waals surface area contributed by atoms with E-state index in [0.717, 1.165) is 12.8 Å². The summed E-state index contributed by atoms with van der Waals surface area (Å²) in [6, 6.07) is 0.295. The standard InChI is InChI=1S/C17H25N5O2S2/c1-17(2,3)13-14(24)22-15(20-19-13)26-16(21-22)25-10-12(23)18-11-8-6-4-5-7-9-11/h11H,4-10H2,1-3H3,(H,18,23). The molecule has 2 aromatic rings. The summed E-state index contributed by atoms with van der Waals surface area (Å²) in [4.78, 5) is 25.2.